The van der Waals surface area contributed by atoms with E-state index in [-0.39, 0.29) is 11.8 Å². The third kappa shape index (κ3) is 4.54. The molecule has 0 unspecified atom stereocenters. The summed E-state index contributed by atoms with van der Waals surface area (Å²) < 4.78 is 0.938. The van der Waals surface area contributed by atoms with Crippen LogP contribution in [0.2, 0.25) is 0 Å². The molecule has 5 nitrogen and oxygen atoms in total. The smallest absolute Gasteiger partial charge is 0.240 e. The van der Waals surface area contributed by atoms with Crippen molar-refractivity contribution in [1.29, 1.82) is 0 Å². The molecule has 1 saturated carbocycles. The number of rotatable bonds is 7. The maximum absolute atomic E-state index is 12.5. The molecular weight excluding hydrogens is 358 g/mol. The largest absolute Gasteiger partial charge is 0.355 e. The molecule has 1 aliphatic rings. The van der Waals surface area contributed by atoms with Gasteiger partial charge in [0.2, 0.25) is 11.8 Å². The summed E-state index contributed by atoms with van der Waals surface area (Å²) in [7, 11) is 3.99. The summed E-state index contributed by atoms with van der Waals surface area (Å²) in [5, 5.41) is 5.76. The van der Waals surface area contributed by atoms with Gasteiger partial charge in [0.25, 0.3) is 0 Å². The lowest BCUT2D eigenvalue weighted by atomic mass is 10.0. The lowest BCUT2D eigenvalue weighted by Gasteiger charge is -2.16. The van der Waals surface area contributed by atoms with E-state index in [1.807, 2.05) is 39.2 Å². The minimum Gasteiger partial charge on any atom is -0.355 e. The highest BCUT2D eigenvalue weighted by Gasteiger charge is 2.56. The Labute approximate surface area is 145 Å². The molecule has 0 spiro atoms. The number of aryl methyl sites for hydroxylation is 1. The van der Waals surface area contributed by atoms with E-state index in [2.05, 4.69) is 31.5 Å². The molecule has 1 aliphatic carbocycles. The van der Waals surface area contributed by atoms with Gasteiger partial charge in [0, 0.05) is 16.7 Å². The highest BCUT2D eigenvalue weighted by Crippen LogP contribution is 2.46. The van der Waals surface area contributed by atoms with Gasteiger partial charge in [0.05, 0.1) is 0 Å². The van der Waals surface area contributed by atoms with Crippen LogP contribution in [-0.4, -0.2) is 43.9 Å². The van der Waals surface area contributed by atoms with Crippen molar-refractivity contribution < 1.29 is 9.59 Å². The summed E-state index contributed by atoms with van der Waals surface area (Å²) in [6, 6.07) is 5.64. The molecule has 6 heteroatoms. The molecule has 0 bridgehead atoms. The molecule has 1 fully saturated rings. The number of nitrogens with one attached hydrogen (secondary N) is 2. The number of benzene rings is 1. The van der Waals surface area contributed by atoms with Gasteiger partial charge in [-0.2, -0.15) is 0 Å². The molecule has 1 aromatic rings. The van der Waals surface area contributed by atoms with Gasteiger partial charge >= 0.3 is 0 Å². The van der Waals surface area contributed by atoms with Crippen molar-refractivity contribution in [3.05, 3.63) is 28.2 Å². The van der Waals surface area contributed by atoms with Gasteiger partial charge in [-0.25, -0.2) is 0 Å². The van der Waals surface area contributed by atoms with Crippen molar-refractivity contribution in [2.75, 3.05) is 32.5 Å². The van der Waals surface area contributed by atoms with Crippen LogP contribution >= 0.6 is 15.9 Å². The number of hydrogen-bond donors (Lipinski definition) is 2. The second-order valence-electron chi connectivity index (χ2n) is 6.41. The Morgan fingerprint density at radius 2 is 1.96 bits per heavy atom. The van der Waals surface area contributed by atoms with Crippen LogP contribution < -0.4 is 10.6 Å². The lowest BCUT2D eigenvalue weighted by Crippen LogP contribution is -2.40. The van der Waals surface area contributed by atoms with E-state index >= 15 is 0 Å². The Kier molecular flexibility index (Phi) is 5.81. The van der Waals surface area contributed by atoms with Crippen LogP contribution in [0.1, 0.15) is 24.8 Å². The normalized spacial score (nSPS) is 15.3. The van der Waals surface area contributed by atoms with Crippen molar-refractivity contribution in [2.24, 2.45) is 5.41 Å². The van der Waals surface area contributed by atoms with E-state index in [9.17, 15) is 9.59 Å². The Bertz CT molecular complexity index is 598. The van der Waals surface area contributed by atoms with Gasteiger partial charge in [0.15, 0.2) is 0 Å². The van der Waals surface area contributed by atoms with Crippen molar-refractivity contribution in [3.63, 3.8) is 0 Å². The molecule has 0 atom stereocenters. The van der Waals surface area contributed by atoms with Gasteiger partial charge in [-0.1, -0.05) is 22.0 Å². The first-order chi connectivity index (χ1) is 10.8. The van der Waals surface area contributed by atoms with E-state index in [0.29, 0.717) is 25.1 Å². The molecule has 126 valence electrons. The molecule has 1 aromatic carbocycles. The van der Waals surface area contributed by atoms with Crippen LogP contribution in [0.3, 0.4) is 0 Å². The molecule has 0 heterocycles. The average molecular weight is 382 g/mol. The quantitative estimate of drug-likeness (QED) is 0.563. The van der Waals surface area contributed by atoms with Gasteiger partial charge in [0.1, 0.15) is 5.41 Å². The molecule has 23 heavy (non-hydrogen) atoms. The Hall–Kier alpha value is -1.40. The summed E-state index contributed by atoms with van der Waals surface area (Å²) in [4.78, 5) is 26.9. The monoisotopic (exact) mass is 381 g/mol. The number of anilines is 1. The summed E-state index contributed by atoms with van der Waals surface area (Å²) in [5.74, 6) is -0.363. The number of carbonyl (C=O) groups is 2. The zero-order valence-electron chi connectivity index (χ0n) is 13.9. The summed E-state index contributed by atoms with van der Waals surface area (Å²) >= 11 is 3.45. The molecule has 2 rings (SSSR count). The van der Waals surface area contributed by atoms with Crippen LogP contribution in [0.15, 0.2) is 22.7 Å². The van der Waals surface area contributed by atoms with E-state index in [1.54, 1.807) is 0 Å². The standard InChI is InChI=1S/C17H24BrN3O2/c1-12-5-6-13(11-14(12)18)20-16(23)17(7-8-17)15(22)19-9-4-10-21(2)3/h5-6,11H,4,7-10H2,1-3H3,(H,19,22)(H,20,23). The third-order valence-electron chi connectivity index (χ3n) is 4.12. The number of halogens is 1. The van der Waals surface area contributed by atoms with Gasteiger partial charge in [-0.15, -0.1) is 0 Å². The highest BCUT2D eigenvalue weighted by atomic mass is 79.9. The molecule has 0 radical (unpaired) electrons. The number of carbonyl (C=O) groups excluding carboxylic acids is 2. The molecule has 0 aliphatic heterocycles. The van der Waals surface area contributed by atoms with Crippen LogP contribution in [0.25, 0.3) is 0 Å². The van der Waals surface area contributed by atoms with E-state index in [0.717, 1.165) is 23.0 Å². The molecular formula is C17H24BrN3O2. The second kappa shape index (κ2) is 7.45. The van der Waals surface area contributed by atoms with E-state index in [1.165, 1.54) is 0 Å². The summed E-state index contributed by atoms with van der Waals surface area (Å²) in [5.41, 5.74) is 0.928. The fourth-order valence-electron chi connectivity index (χ4n) is 2.37. The predicted molar refractivity (Wildman–Crippen MR) is 95.4 cm³/mol. The van der Waals surface area contributed by atoms with Crippen LogP contribution in [0, 0.1) is 12.3 Å². The zero-order valence-corrected chi connectivity index (χ0v) is 15.5. The van der Waals surface area contributed by atoms with Crippen LogP contribution in [0.5, 0.6) is 0 Å². The number of hydrogen-bond acceptors (Lipinski definition) is 3. The molecule has 0 saturated heterocycles. The summed E-state index contributed by atoms with van der Waals surface area (Å²) in [6.45, 7) is 3.50. The molecule has 2 N–H and O–H groups in total. The second-order valence-corrected chi connectivity index (χ2v) is 7.27. The topological polar surface area (TPSA) is 61.4 Å². The van der Waals surface area contributed by atoms with Crippen LogP contribution in [-0.2, 0) is 9.59 Å². The van der Waals surface area contributed by atoms with Crippen molar-refractivity contribution >= 4 is 33.4 Å². The number of nitrogens with zero attached hydrogens (tertiary/aromatic N) is 1. The highest BCUT2D eigenvalue weighted by molar-refractivity contribution is 9.10. The predicted octanol–water partition coefficient (Wildman–Crippen LogP) is 2.54. The fraction of sp³-hybridized carbons (Fsp3) is 0.529. The summed E-state index contributed by atoms with van der Waals surface area (Å²) in [6.07, 6.45) is 2.11. The molecule has 2 amide bonds. The van der Waals surface area contributed by atoms with Gasteiger partial charge in [-0.05, 0) is 64.5 Å². The SMILES string of the molecule is Cc1ccc(NC(=O)C2(C(=O)NCCCN(C)C)CC2)cc1Br. The van der Waals surface area contributed by atoms with E-state index in [4.69, 9.17) is 0 Å². The minimum absolute atomic E-state index is 0.153. The van der Waals surface area contributed by atoms with Crippen molar-refractivity contribution in [3.8, 4) is 0 Å². The zero-order chi connectivity index (χ0) is 17.0. The van der Waals surface area contributed by atoms with E-state index < -0.39 is 5.41 Å². The lowest BCUT2D eigenvalue weighted by molar-refractivity contribution is -0.134. The van der Waals surface area contributed by atoms with Gasteiger partial charge in [-0.3, -0.25) is 9.59 Å². The molecule has 0 aromatic heterocycles. The third-order valence-corrected chi connectivity index (χ3v) is 4.97. The Morgan fingerprint density at radius 3 is 2.52 bits per heavy atom. The number of amides is 2. The Balaban J connectivity index is 1.90. The van der Waals surface area contributed by atoms with Crippen molar-refractivity contribution in [1.82, 2.24) is 10.2 Å². The first-order valence-electron chi connectivity index (χ1n) is 7.86. The minimum atomic E-state index is -0.879. The average Bonchev–Trinajstić information content (AvgIpc) is 3.29. The van der Waals surface area contributed by atoms with Crippen molar-refractivity contribution in [2.45, 2.75) is 26.2 Å². The maximum Gasteiger partial charge on any atom is 0.240 e. The first-order valence-corrected chi connectivity index (χ1v) is 8.65. The fourth-order valence-corrected chi connectivity index (χ4v) is 2.75. The Morgan fingerprint density at radius 1 is 1.26 bits per heavy atom. The van der Waals surface area contributed by atoms with Gasteiger partial charge < -0.3 is 15.5 Å². The van der Waals surface area contributed by atoms with Crippen LogP contribution in [0.4, 0.5) is 5.69 Å². The maximum atomic E-state index is 12.5. The first kappa shape index (κ1) is 17.9.